The lowest BCUT2D eigenvalue weighted by Crippen LogP contribution is -2.62. The molecule has 0 spiro atoms. The van der Waals surface area contributed by atoms with Gasteiger partial charge in [-0.3, -0.25) is 0 Å². The molecular weight excluding hydrogens is 241 g/mol. The Balaban J connectivity index is 1.96. The van der Waals surface area contributed by atoms with Crippen LogP contribution in [0.3, 0.4) is 0 Å². The lowest BCUT2D eigenvalue weighted by molar-refractivity contribution is 0.175. The number of hydrogen-bond acceptors (Lipinski definition) is 3. The zero-order valence-electron chi connectivity index (χ0n) is 11.5. The smallest absolute Gasteiger partial charge is 0.125 e. The van der Waals surface area contributed by atoms with E-state index in [-0.39, 0.29) is 11.4 Å². The summed E-state index contributed by atoms with van der Waals surface area (Å²) in [4.78, 5) is 4.70. The van der Waals surface area contributed by atoms with Gasteiger partial charge in [-0.25, -0.2) is 4.39 Å². The maximum atomic E-state index is 13.5. The molecule has 3 rings (SSSR count). The monoisotopic (exact) mass is 263 g/mol. The van der Waals surface area contributed by atoms with Crippen molar-refractivity contribution in [1.82, 2.24) is 4.90 Å². The Kier molecular flexibility index (Phi) is 3.23. The van der Waals surface area contributed by atoms with Crippen LogP contribution in [-0.2, 0) is 6.42 Å². The van der Waals surface area contributed by atoms with Gasteiger partial charge in [-0.2, -0.15) is 0 Å². The fourth-order valence-corrected chi connectivity index (χ4v) is 3.68. The molecular formula is C15H22FN3. The van der Waals surface area contributed by atoms with Crippen LogP contribution in [0.15, 0.2) is 18.2 Å². The summed E-state index contributed by atoms with van der Waals surface area (Å²) in [7, 11) is 2.14. The average Bonchev–Trinajstić information content (AvgIpc) is 2.82. The van der Waals surface area contributed by atoms with Gasteiger partial charge in [0.25, 0.3) is 0 Å². The van der Waals surface area contributed by atoms with Gasteiger partial charge in [-0.05, 0) is 50.6 Å². The summed E-state index contributed by atoms with van der Waals surface area (Å²) >= 11 is 0. The Labute approximate surface area is 114 Å². The van der Waals surface area contributed by atoms with Gasteiger partial charge in [0.15, 0.2) is 0 Å². The van der Waals surface area contributed by atoms with Crippen LogP contribution in [0.2, 0.25) is 0 Å². The molecule has 2 N–H and O–H groups in total. The van der Waals surface area contributed by atoms with E-state index in [9.17, 15) is 4.39 Å². The van der Waals surface area contributed by atoms with Crippen LogP contribution in [0.25, 0.3) is 0 Å². The molecule has 0 aliphatic carbocycles. The summed E-state index contributed by atoms with van der Waals surface area (Å²) in [5.74, 6) is -0.151. The van der Waals surface area contributed by atoms with Crippen molar-refractivity contribution in [1.29, 1.82) is 0 Å². The molecule has 4 heteroatoms. The number of halogens is 1. The Morgan fingerprint density at radius 2 is 2.21 bits per heavy atom. The van der Waals surface area contributed by atoms with Crippen molar-refractivity contribution in [2.75, 3.05) is 38.1 Å². The second kappa shape index (κ2) is 4.76. The van der Waals surface area contributed by atoms with Crippen molar-refractivity contribution in [2.24, 2.45) is 5.73 Å². The molecule has 0 saturated carbocycles. The van der Waals surface area contributed by atoms with Crippen molar-refractivity contribution in [2.45, 2.75) is 24.8 Å². The minimum Gasteiger partial charge on any atom is -0.363 e. The molecule has 19 heavy (non-hydrogen) atoms. The quantitative estimate of drug-likeness (QED) is 0.880. The zero-order chi connectivity index (χ0) is 13.5. The lowest BCUT2D eigenvalue weighted by atomic mass is 9.87. The van der Waals surface area contributed by atoms with Gasteiger partial charge < -0.3 is 15.5 Å². The molecule has 1 saturated heterocycles. The van der Waals surface area contributed by atoms with Gasteiger partial charge in [0.1, 0.15) is 5.82 Å². The molecule has 2 aliphatic rings. The van der Waals surface area contributed by atoms with E-state index in [2.05, 4.69) is 16.8 Å². The third-order valence-corrected chi connectivity index (χ3v) is 4.64. The minimum absolute atomic E-state index is 0.0218. The van der Waals surface area contributed by atoms with E-state index in [4.69, 9.17) is 5.73 Å². The molecule has 1 unspecified atom stereocenters. The highest BCUT2D eigenvalue weighted by molar-refractivity contribution is 5.60. The Morgan fingerprint density at radius 3 is 2.95 bits per heavy atom. The van der Waals surface area contributed by atoms with E-state index in [0.29, 0.717) is 6.54 Å². The number of benzene rings is 1. The molecule has 1 fully saturated rings. The maximum Gasteiger partial charge on any atom is 0.125 e. The number of likely N-dealkylation sites (N-methyl/N-ethyl adjacent to an activating group) is 1. The predicted molar refractivity (Wildman–Crippen MR) is 76.0 cm³/mol. The Morgan fingerprint density at radius 1 is 1.37 bits per heavy atom. The van der Waals surface area contributed by atoms with E-state index >= 15 is 0 Å². The number of likely N-dealkylation sites (tertiary alicyclic amines) is 1. The molecule has 0 amide bonds. The van der Waals surface area contributed by atoms with E-state index < -0.39 is 0 Å². The normalized spacial score (nSPS) is 27.6. The SMILES string of the molecule is CN1CCCC(CN)(N2CCc3ccc(F)cc32)C1. The summed E-state index contributed by atoms with van der Waals surface area (Å²) in [6.45, 7) is 3.70. The second-order valence-corrected chi connectivity index (χ2v) is 5.94. The standard InChI is InChI=1S/C15H22FN3/c1-18-7-2-6-15(10-17,11-18)19-8-5-12-3-4-13(16)9-14(12)19/h3-4,9H,2,5-8,10-11,17H2,1H3. The summed E-state index contributed by atoms with van der Waals surface area (Å²) in [6, 6.07) is 5.15. The molecule has 1 aromatic carbocycles. The van der Waals surface area contributed by atoms with Crippen LogP contribution in [0.1, 0.15) is 18.4 Å². The zero-order valence-corrected chi connectivity index (χ0v) is 11.5. The van der Waals surface area contributed by atoms with E-state index in [1.165, 1.54) is 5.56 Å². The average molecular weight is 263 g/mol. The topological polar surface area (TPSA) is 32.5 Å². The molecule has 104 valence electrons. The first-order valence-electron chi connectivity index (χ1n) is 7.09. The van der Waals surface area contributed by atoms with Crippen molar-refractivity contribution in [3.8, 4) is 0 Å². The Hall–Kier alpha value is -1.13. The van der Waals surface area contributed by atoms with Crippen LogP contribution in [0.4, 0.5) is 10.1 Å². The third kappa shape index (κ3) is 2.13. The largest absolute Gasteiger partial charge is 0.363 e. The number of nitrogens with two attached hydrogens (primary N) is 1. The number of piperidine rings is 1. The summed E-state index contributed by atoms with van der Waals surface area (Å²) in [5, 5.41) is 0. The second-order valence-electron chi connectivity index (χ2n) is 5.94. The van der Waals surface area contributed by atoms with Crippen LogP contribution >= 0.6 is 0 Å². The van der Waals surface area contributed by atoms with Crippen molar-refractivity contribution >= 4 is 5.69 Å². The minimum atomic E-state index is -0.151. The fourth-order valence-electron chi connectivity index (χ4n) is 3.68. The highest BCUT2D eigenvalue weighted by Gasteiger charge is 2.41. The van der Waals surface area contributed by atoms with E-state index in [1.54, 1.807) is 12.1 Å². The van der Waals surface area contributed by atoms with Crippen LogP contribution in [0, 0.1) is 5.82 Å². The lowest BCUT2D eigenvalue weighted by Gasteiger charge is -2.48. The van der Waals surface area contributed by atoms with Gasteiger partial charge in [0.2, 0.25) is 0 Å². The van der Waals surface area contributed by atoms with Crippen molar-refractivity contribution in [3.05, 3.63) is 29.6 Å². The van der Waals surface area contributed by atoms with Gasteiger partial charge in [-0.15, -0.1) is 0 Å². The summed E-state index contributed by atoms with van der Waals surface area (Å²) in [6.07, 6.45) is 3.26. The molecule has 0 bridgehead atoms. The molecule has 0 radical (unpaired) electrons. The fraction of sp³-hybridized carbons (Fsp3) is 0.600. The predicted octanol–water partition coefficient (Wildman–Crippen LogP) is 1.61. The van der Waals surface area contributed by atoms with Gasteiger partial charge in [-0.1, -0.05) is 6.07 Å². The number of hydrogen-bond donors (Lipinski definition) is 1. The molecule has 0 aromatic heterocycles. The van der Waals surface area contributed by atoms with Crippen molar-refractivity contribution in [3.63, 3.8) is 0 Å². The summed E-state index contributed by atoms with van der Waals surface area (Å²) in [5.41, 5.74) is 8.40. The maximum absolute atomic E-state index is 13.5. The van der Waals surface area contributed by atoms with Gasteiger partial charge in [0, 0.05) is 25.3 Å². The highest BCUT2D eigenvalue weighted by Crippen LogP contribution is 2.37. The van der Waals surface area contributed by atoms with Gasteiger partial charge in [0.05, 0.1) is 5.54 Å². The van der Waals surface area contributed by atoms with Gasteiger partial charge >= 0.3 is 0 Å². The Bertz CT molecular complexity index is 476. The molecule has 2 heterocycles. The first-order chi connectivity index (χ1) is 9.14. The number of fused-ring (bicyclic) bond motifs is 1. The van der Waals surface area contributed by atoms with E-state index in [0.717, 1.165) is 44.6 Å². The number of rotatable bonds is 2. The van der Waals surface area contributed by atoms with Crippen LogP contribution in [0.5, 0.6) is 0 Å². The number of nitrogens with zero attached hydrogens (tertiary/aromatic N) is 2. The van der Waals surface area contributed by atoms with Crippen LogP contribution < -0.4 is 10.6 Å². The first kappa shape index (κ1) is 12.9. The molecule has 1 atom stereocenters. The van der Waals surface area contributed by atoms with Crippen LogP contribution in [-0.4, -0.2) is 43.7 Å². The molecule has 2 aliphatic heterocycles. The third-order valence-electron chi connectivity index (χ3n) is 4.64. The van der Waals surface area contributed by atoms with Crippen molar-refractivity contribution < 1.29 is 4.39 Å². The molecule has 1 aromatic rings. The van der Waals surface area contributed by atoms with E-state index in [1.807, 2.05) is 6.07 Å². The molecule has 3 nitrogen and oxygen atoms in total. The first-order valence-corrected chi connectivity index (χ1v) is 7.09. The highest BCUT2D eigenvalue weighted by atomic mass is 19.1. The number of anilines is 1. The summed E-state index contributed by atoms with van der Waals surface area (Å²) < 4.78 is 13.5.